The molecule has 0 spiro atoms. The van der Waals surface area contributed by atoms with Crippen LogP contribution in [-0.2, 0) is 4.79 Å². The first-order valence-electron chi connectivity index (χ1n) is 11.5. The van der Waals surface area contributed by atoms with Gasteiger partial charge in [-0.2, -0.15) is 0 Å². The molecule has 0 saturated heterocycles. The van der Waals surface area contributed by atoms with Crippen LogP contribution < -0.4 is 0 Å². The van der Waals surface area contributed by atoms with E-state index in [1.807, 2.05) is 24.3 Å². The monoisotopic (exact) mass is 412 g/mol. The fourth-order valence-electron chi connectivity index (χ4n) is 7.81. The molecule has 0 amide bonds. The molecule has 4 saturated carbocycles. The number of Topliss-reactive ketones (excluding diaryl/α,β-unsaturated/α-hetero) is 1. The molecular formula is C26H33ClO2. The quantitative estimate of drug-likeness (QED) is 0.549. The maximum atomic E-state index is 13.5. The minimum absolute atomic E-state index is 0.100. The molecule has 2 nitrogen and oxygen atoms in total. The van der Waals surface area contributed by atoms with Crippen molar-refractivity contribution < 1.29 is 9.90 Å². The number of halogens is 1. The molecule has 4 aliphatic carbocycles. The molecule has 0 aromatic heterocycles. The highest BCUT2D eigenvalue weighted by atomic mass is 35.5. The third-order valence-electron chi connectivity index (χ3n) is 9.51. The number of aliphatic hydroxyl groups is 1. The molecule has 3 heteroatoms. The van der Waals surface area contributed by atoms with Crippen molar-refractivity contribution in [3.05, 3.63) is 40.4 Å². The first-order chi connectivity index (χ1) is 13.8. The highest BCUT2D eigenvalue weighted by molar-refractivity contribution is 6.32. The summed E-state index contributed by atoms with van der Waals surface area (Å²) in [5, 5.41) is 10.9. The first-order valence-corrected chi connectivity index (χ1v) is 11.9. The molecule has 1 aromatic rings. The summed E-state index contributed by atoms with van der Waals surface area (Å²) in [5.41, 5.74) is 2.10. The first kappa shape index (κ1) is 19.8. The van der Waals surface area contributed by atoms with Gasteiger partial charge in [-0.15, -0.1) is 0 Å². The topological polar surface area (TPSA) is 37.3 Å². The molecule has 0 aliphatic heterocycles. The van der Waals surface area contributed by atoms with Gasteiger partial charge in [0.15, 0.2) is 5.78 Å². The van der Waals surface area contributed by atoms with Crippen molar-refractivity contribution in [2.75, 3.05) is 0 Å². The molecule has 0 heterocycles. The lowest BCUT2D eigenvalue weighted by Gasteiger charge is -2.59. The number of carbonyl (C=O) groups excluding carboxylic acids is 1. The molecule has 1 aromatic carbocycles. The summed E-state index contributed by atoms with van der Waals surface area (Å²) in [5.74, 6) is 2.84. The van der Waals surface area contributed by atoms with Gasteiger partial charge in [-0.3, -0.25) is 4.79 Å². The largest absolute Gasteiger partial charge is 0.393 e. The zero-order valence-corrected chi connectivity index (χ0v) is 18.4. The normalized spacial score (nSPS) is 45.6. The minimum atomic E-state index is -0.203. The van der Waals surface area contributed by atoms with E-state index in [9.17, 15) is 9.90 Å². The Kier molecular flexibility index (Phi) is 4.75. The van der Waals surface area contributed by atoms with Crippen LogP contribution in [0.25, 0.3) is 6.08 Å². The van der Waals surface area contributed by atoms with E-state index in [-0.39, 0.29) is 11.5 Å². The van der Waals surface area contributed by atoms with E-state index in [1.165, 1.54) is 19.3 Å². The average Bonchev–Trinajstić information content (AvgIpc) is 2.95. The number of carbonyl (C=O) groups is 1. The Balaban J connectivity index is 1.46. The van der Waals surface area contributed by atoms with Gasteiger partial charge in [-0.25, -0.2) is 0 Å². The lowest BCUT2D eigenvalue weighted by molar-refractivity contribution is -0.141. The SMILES string of the molecule is C[C@]12CC[C@H](O)C[C@@H]1CC[C@H]1[C@H]2CC[C@]2(C)C(=O)/C(=C/c3ccccc3Cl)C[C@H]12. The van der Waals surface area contributed by atoms with Crippen LogP contribution in [0.15, 0.2) is 29.8 Å². The molecular weight excluding hydrogens is 380 g/mol. The van der Waals surface area contributed by atoms with E-state index in [2.05, 4.69) is 19.9 Å². The third-order valence-corrected chi connectivity index (χ3v) is 9.86. The molecule has 4 aliphatic rings. The molecule has 1 N–H and O–H groups in total. The maximum Gasteiger partial charge on any atom is 0.165 e. The van der Waals surface area contributed by atoms with Crippen molar-refractivity contribution in [2.24, 2.45) is 34.5 Å². The van der Waals surface area contributed by atoms with Crippen LogP contribution in [0.2, 0.25) is 5.02 Å². The highest BCUT2D eigenvalue weighted by Gasteiger charge is 2.61. The van der Waals surface area contributed by atoms with Gasteiger partial charge in [-0.05, 0) is 104 Å². The predicted octanol–water partition coefficient (Wildman–Crippen LogP) is 6.31. The van der Waals surface area contributed by atoms with Gasteiger partial charge < -0.3 is 5.11 Å². The second-order valence-electron chi connectivity index (χ2n) is 10.8. The van der Waals surface area contributed by atoms with Crippen molar-refractivity contribution >= 4 is 23.5 Å². The predicted molar refractivity (Wildman–Crippen MR) is 118 cm³/mol. The number of hydrogen-bond donors (Lipinski definition) is 1. The molecule has 7 atom stereocenters. The fourth-order valence-corrected chi connectivity index (χ4v) is 8.01. The minimum Gasteiger partial charge on any atom is -0.393 e. The number of aliphatic hydroxyl groups excluding tert-OH is 1. The Morgan fingerprint density at radius 2 is 1.86 bits per heavy atom. The Morgan fingerprint density at radius 3 is 2.66 bits per heavy atom. The molecule has 4 fully saturated rings. The van der Waals surface area contributed by atoms with Crippen LogP contribution in [0.5, 0.6) is 0 Å². The van der Waals surface area contributed by atoms with Gasteiger partial charge >= 0.3 is 0 Å². The number of benzene rings is 1. The summed E-state index contributed by atoms with van der Waals surface area (Å²) >= 11 is 6.38. The van der Waals surface area contributed by atoms with Gasteiger partial charge in [0.1, 0.15) is 0 Å². The third kappa shape index (κ3) is 2.97. The van der Waals surface area contributed by atoms with Crippen molar-refractivity contribution in [2.45, 2.75) is 71.3 Å². The van der Waals surface area contributed by atoms with Crippen LogP contribution in [0, 0.1) is 34.5 Å². The van der Waals surface area contributed by atoms with Crippen LogP contribution in [0.3, 0.4) is 0 Å². The van der Waals surface area contributed by atoms with Crippen LogP contribution >= 0.6 is 11.6 Å². The fraction of sp³-hybridized carbons (Fsp3) is 0.654. The molecule has 5 rings (SSSR count). The number of allylic oxidation sites excluding steroid dienone is 1. The molecule has 0 bridgehead atoms. The van der Waals surface area contributed by atoms with E-state index in [0.717, 1.165) is 48.3 Å². The van der Waals surface area contributed by atoms with Crippen molar-refractivity contribution in [3.63, 3.8) is 0 Å². The van der Waals surface area contributed by atoms with Crippen molar-refractivity contribution in [3.8, 4) is 0 Å². The smallest absolute Gasteiger partial charge is 0.165 e. The lowest BCUT2D eigenvalue weighted by atomic mass is 9.45. The van der Waals surface area contributed by atoms with Crippen LogP contribution in [-0.4, -0.2) is 17.0 Å². The number of fused-ring (bicyclic) bond motifs is 5. The summed E-state index contributed by atoms with van der Waals surface area (Å²) in [4.78, 5) is 13.5. The van der Waals surface area contributed by atoms with E-state index < -0.39 is 0 Å². The summed E-state index contributed by atoms with van der Waals surface area (Å²) in [6.07, 6.45) is 10.6. The number of hydrogen-bond acceptors (Lipinski definition) is 2. The second-order valence-corrected chi connectivity index (χ2v) is 11.2. The molecule has 0 unspecified atom stereocenters. The Hall–Kier alpha value is -1.12. The van der Waals surface area contributed by atoms with E-state index in [1.54, 1.807) is 0 Å². The van der Waals surface area contributed by atoms with Crippen molar-refractivity contribution in [1.82, 2.24) is 0 Å². The molecule has 0 radical (unpaired) electrons. The second kappa shape index (κ2) is 6.95. The van der Waals surface area contributed by atoms with E-state index >= 15 is 0 Å². The summed E-state index contributed by atoms with van der Waals surface area (Å²) < 4.78 is 0. The number of ketones is 1. The van der Waals surface area contributed by atoms with Crippen LogP contribution in [0.1, 0.15) is 70.8 Å². The zero-order chi connectivity index (χ0) is 20.4. The lowest BCUT2D eigenvalue weighted by Crippen LogP contribution is -2.54. The maximum absolute atomic E-state index is 13.5. The van der Waals surface area contributed by atoms with Gasteiger partial charge in [-0.1, -0.05) is 43.6 Å². The van der Waals surface area contributed by atoms with E-state index in [4.69, 9.17) is 11.6 Å². The van der Waals surface area contributed by atoms with Gasteiger partial charge in [0, 0.05) is 10.4 Å². The standard InChI is InChI=1S/C26H33ClO2/c1-25-11-9-19(28)15-18(25)7-8-20-21(25)10-12-26(2)22(20)14-17(24(26)29)13-16-5-3-4-6-23(16)27/h3-6,13,18-22,28H,7-12,14-15H2,1-2H3/b17-13+/t18-,19-,20-,21+,22+,25-,26-/m0/s1. The summed E-state index contributed by atoms with van der Waals surface area (Å²) in [6, 6.07) is 7.84. The van der Waals surface area contributed by atoms with Gasteiger partial charge in [0.25, 0.3) is 0 Å². The van der Waals surface area contributed by atoms with Crippen LogP contribution in [0.4, 0.5) is 0 Å². The summed E-state index contributed by atoms with van der Waals surface area (Å²) in [6.45, 7) is 4.74. The van der Waals surface area contributed by atoms with E-state index in [0.29, 0.717) is 34.9 Å². The molecule has 156 valence electrons. The van der Waals surface area contributed by atoms with Crippen molar-refractivity contribution in [1.29, 1.82) is 0 Å². The average molecular weight is 413 g/mol. The Labute approximate surface area is 179 Å². The van der Waals surface area contributed by atoms with Gasteiger partial charge in [0.2, 0.25) is 0 Å². The molecule has 29 heavy (non-hydrogen) atoms. The highest BCUT2D eigenvalue weighted by Crippen LogP contribution is 2.66. The Bertz CT molecular complexity index is 860. The zero-order valence-electron chi connectivity index (χ0n) is 17.7. The van der Waals surface area contributed by atoms with Gasteiger partial charge in [0.05, 0.1) is 6.10 Å². The Morgan fingerprint density at radius 1 is 1.07 bits per heavy atom. The number of rotatable bonds is 1. The summed E-state index contributed by atoms with van der Waals surface area (Å²) in [7, 11) is 0.